The van der Waals surface area contributed by atoms with Crippen LogP contribution in [0.4, 0.5) is 0 Å². The Morgan fingerprint density at radius 3 is 2.77 bits per heavy atom. The Labute approximate surface area is 87.2 Å². The highest BCUT2D eigenvalue weighted by Gasteiger charge is 2.45. The van der Waals surface area contributed by atoms with Gasteiger partial charge in [-0.2, -0.15) is 0 Å². The van der Waals surface area contributed by atoms with E-state index in [1.54, 1.807) is 0 Å². The topological polar surface area (TPSA) is 35.5 Å². The molecule has 13 heavy (non-hydrogen) atoms. The highest BCUT2D eigenvalue weighted by molar-refractivity contribution is 8.22. The summed E-state index contributed by atoms with van der Waals surface area (Å²) in [4.78, 5) is 11.2. The summed E-state index contributed by atoms with van der Waals surface area (Å²) in [7, 11) is 0. The highest BCUT2D eigenvalue weighted by atomic mass is 32.2. The van der Waals surface area contributed by atoms with E-state index in [1.165, 1.54) is 11.8 Å². The summed E-state index contributed by atoms with van der Waals surface area (Å²) in [5.41, 5.74) is -0.281. The second-order valence-electron chi connectivity index (χ2n) is 3.55. The van der Waals surface area contributed by atoms with Gasteiger partial charge < -0.3 is 9.47 Å². The van der Waals surface area contributed by atoms with E-state index in [1.807, 2.05) is 20.1 Å². The van der Waals surface area contributed by atoms with E-state index in [2.05, 4.69) is 0 Å². The van der Waals surface area contributed by atoms with Gasteiger partial charge in [-0.3, -0.25) is 0 Å². The maximum atomic E-state index is 11.2. The van der Waals surface area contributed by atoms with Crippen molar-refractivity contribution in [3.63, 3.8) is 0 Å². The third kappa shape index (κ3) is 2.34. The first-order chi connectivity index (χ1) is 5.97. The molecule has 1 unspecified atom stereocenters. The molecule has 0 aromatic rings. The van der Waals surface area contributed by atoms with E-state index in [0.717, 1.165) is 0 Å². The smallest absolute Gasteiger partial charge is 0.348 e. The van der Waals surface area contributed by atoms with Crippen molar-refractivity contribution in [2.45, 2.75) is 20.0 Å². The van der Waals surface area contributed by atoms with Crippen LogP contribution in [0.3, 0.4) is 0 Å². The van der Waals surface area contributed by atoms with Gasteiger partial charge in [-0.1, -0.05) is 25.6 Å². The number of carbonyl (C=O) groups excluding carboxylic acids is 1. The van der Waals surface area contributed by atoms with Crippen LogP contribution >= 0.6 is 24.0 Å². The molecule has 0 aromatic heterocycles. The van der Waals surface area contributed by atoms with Crippen LogP contribution in [0.25, 0.3) is 0 Å². The molecule has 1 rings (SSSR count). The lowest BCUT2D eigenvalue weighted by atomic mass is 9.90. The van der Waals surface area contributed by atoms with Crippen LogP contribution in [0.15, 0.2) is 0 Å². The van der Waals surface area contributed by atoms with Crippen LogP contribution in [0.5, 0.6) is 0 Å². The summed E-state index contributed by atoms with van der Waals surface area (Å²) in [5.74, 6) is -0.318. The zero-order valence-corrected chi connectivity index (χ0v) is 9.46. The monoisotopic (exact) mass is 220 g/mol. The zero-order valence-electron chi connectivity index (χ0n) is 7.83. The number of hydrogen-bond acceptors (Lipinski definition) is 5. The second-order valence-corrected chi connectivity index (χ2v) is 4.96. The molecule has 74 valence electrons. The standard InChI is InChI=1S/C8H12O3S2/c1-8(2)4-10-6(9)5(8)11-7(12)13-3/h5H,4H2,1-3H3. The molecule has 1 heterocycles. The first-order valence-corrected chi connectivity index (χ1v) is 5.52. The largest absolute Gasteiger partial charge is 0.463 e. The molecule has 1 atom stereocenters. The Hall–Kier alpha value is -0.290. The van der Waals surface area contributed by atoms with Crippen molar-refractivity contribution in [3.05, 3.63) is 0 Å². The SMILES string of the molecule is CSC(=S)OC1C(=O)OCC1(C)C. The fourth-order valence-corrected chi connectivity index (χ4v) is 1.37. The van der Waals surface area contributed by atoms with Crippen molar-refractivity contribution in [3.8, 4) is 0 Å². The maximum absolute atomic E-state index is 11.2. The van der Waals surface area contributed by atoms with Gasteiger partial charge >= 0.3 is 5.97 Å². The molecule has 1 aliphatic rings. The first kappa shape index (κ1) is 10.8. The van der Waals surface area contributed by atoms with E-state index >= 15 is 0 Å². The van der Waals surface area contributed by atoms with Gasteiger partial charge in [0, 0.05) is 5.41 Å². The number of hydrogen-bond donors (Lipinski definition) is 0. The third-order valence-electron chi connectivity index (χ3n) is 1.89. The Bertz CT molecular complexity index is 238. The third-order valence-corrected chi connectivity index (χ3v) is 2.92. The molecule has 3 nitrogen and oxygen atoms in total. The Morgan fingerprint density at radius 1 is 1.77 bits per heavy atom. The molecule has 1 aliphatic heterocycles. The Balaban J connectivity index is 2.66. The highest BCUT2D eigenvalue weighted by Crippen LogP contribution is 2.31. The van der Waals surface area contributed by atoms with Crippen molar-refractivity contribution >= 4 is 34.3 Å². The minimum atomic E-state index is -0.549. The first-order valence-electron chi connectivity index (χ1n) is 3.88. The molecule has 0 N–H and O–H groups in total. The molecule has 0 radical (unpaired) electrons. The number of thiocarbonyl (C=S) groups is 1. The van der Waals surface area contributed by atoms with E-state index in [0.29, 0.717) is 11.0 Å². The van der Waals surface area contributed by atoms with Crippen molar-refractivity contribution in [1.82, 2.24) is 0 Å². The predicted molar refractivity (Wildman–Crippen MR) is 55.7 cm³/mol. The molecule has 1 saturated heterocycles. The van der Waals surface area contributed by atoms with Crippen LogP contribution in [-0.2, 0) is 14.3 Å². The number of esters is 1. The van der Waals surface area contributed by atoms with Crippen LogP contribution in [0.1, 0.15) is 13.8 Å². The van der Waals surface area contributed by atoms with Crippen LogP contribution in [-0.4, -0.2) is 29.3 Å². The molecule has 1 fully saturated rings. The van der Waals surface area contributed by atoms with Crippen molar-refractivity contribution < 1.29 is 14.3 Å². The van der Waals surface area contributed by atoms with Crippen LogP contribution < -0.4 is 0 Å². The lowest BCUT2D eigenvalue weighted by Gasteiger charge is -2.21. The van der Waals surface area contributed by atoms with Gasteiger partial charge in [0.1, 0.15) is 6.61 Å². The molecule has 0 saturated carbocycles. The van der Waals surface area contributed by atoms with Gasteiger partial charge in [0.05, 0.1) is 0 Å². The Kier molecular flexibility index (Phi) is 3.18. The van der Waals surface area contributed by atoms with Crippen molar-refractivity contribution in [2.75, 3.05) is 12.9 Å². The fraction of sp³-hybridized carbons (Fsp3) is 0.750. The van der Waals surface area contributed by atoms with Gasteiger partial charge in [0.15, 0.2) is 0 Å². The molecule has 0 aliphatic carbocycles. The molecule has 5 heteroatoms. The van der Waals surface area contributed by atoms with E-state index < -0.39 is 6.10 Å². The number of thioether (sulfide) groups is 1. The summed E-state index contributed by atoms with van der Waals surface area (Å²) in [6.45, 7) is 4.24. The molecule has 0 spiro atoms. The lowest BCUT2D eigenvalue weighted by molar-refractivity contribution is -0.144. The molecular formula is C8H12O3S2. The fourth-order valence-electron chi connectivity index (χ4n) is 1.08. The van der Waals surface area contributed by atoms with Gasteiger partial charge in [-0.15, -0.1) is 0 Å². The molecule has 0 bridgehead atoms. The average molecular weight is 220 g/mol. The summed E-state index contributed by atoms with van der Waals surface area (Å²) >= 11 is 6.20. The predicted octanol–water partition coefficient (Wildman–Crippen LogP) is 1.60. The van der Waals surface area contributed by atoms with E-state index in [4.69, 9.17) is 21.7 Å². The summed E-state index contributed by atoms with van der Waals surface area (Å²) in [6.07, 6.45) is 1.27. The minimum Gasteiger partial charge on any atom is -0.463 e. The number of rotatable bonds is 1. The number of cyclic esters (lactones) is 1. The lowest BCUT2D eigenvalue weighted by Crippen LogP contribution is -2.33. The maximum Gasteiger partial charge on any atom is 0.348 e. The molecule has 0 aromatic carbocycles. The second kappa shape index (κ2) is 3.84. The number of carbonyl (C=O) groups is 1. The zero-order chi connectivity index (χ0) is 10.1. The normalized spacial score (nSPS) is 25.5. The number of ether oxygens (including phenoxy) is 2. The summed E-state index contributed by atoms with van der Waals surface area (Å²) in [6, 6.07) is 0. The quantitative estimate of drug-likeness (QED) is 0.495. The van der Waals surface area contributed by atoms with Crippen LogP contribution in [0, 0.1) is 5.41 Å². The van der Waals surface area contributed by atoms with Crippen molar-refractivity contribution in [2.24, 2.45) is 5.41 Å². The summed E-state index contributed by atoms with van der Waals surface area (Å²) < 4.78 is 10.6. The molecule has 0 amide bonds. The van der Waals surface area contributed by atoms with Gasteiger partial charge in [-0.25, -0.2) is 4.79 Å². The summed E-state index contributed by atoms with van der Waals surface area (Å²) in [5, 5.41) is 0. The van der Waals surface area contributed by atoms with Crippen LogP contribution in [0.2, 0.25) is 0 Å². The van der Waals surface area contributed by atoms with Gasteiger partial charge in [-0.05, 0) is 18.5 Å². The van der Waals surface area contributed by atoms with Gasteiger partial charge in [0.25, 0.3) is 0 Å². The van der Waals surface area contributed by atoms with Gasteiger partial charge in [0.2, 0.25) is 10.5 Å². The van der Waals surface area contributed by atoms with E-state index in [-0.39, 0.29) is 11.4 Å². The Morgan fingerprint density at radius 2 is 2.38 bits per heavy atom. The van der Waals surface area contributed by atoms with E-state index in [9.17, 15) is 4.79 Å². The molecular weight excluding hydrogens is 208 g/mol. The average Bonchev–Trinajstić information content (AvgIpc) is 2.31. The van der Waals surface area contributed by atoms with Crippen molar-refractivity contribution in [1.29, 1.82) is 0 Å². The minimum absolute atomic E-state index is 0.281.